The molecule has 135 valence electrons. The van der Waals surface area contributed by atoms with Gasteiger partial charge in [0.15, 0.2) is 11.6 Å². The van der Waals surface area contributed by atoms with Gasteiger partial charge in [-0.2, -0.15) is 0 Å². The Hall–Kier alpha value is -0.205. The summed E-state index contributed by atoms with van der Waals surface area (Å²) < 4.78 is 0. The zero-order chi connectivity index (χ0) is 17.6. The summed E-state index contributed by atoms with van der Waals surface area (Å²) in [5.74, 6) is 0.0343. The number of ketones is 2. The molecule has 0 bridgehead atoms. The van der Waals surface area contributed by atoms with Crippen LogP contribution in [0.5, 0.6) is 0 Å². The van der Waals surface area contributed by atoms with Gasteiger partial charge in [-0.3, -0.25) is 9.59 Å². The average molecular weight is 706 g/mol. The Labute approximate surface area is 182 Å². The minimum absolute atomic E-state index is 0. The summed E-state index contributed by atoms with van der Waals surface area (Å²) in [6.45, 7) is 1.52. The summed E-state index contributed by atoms with van der Waals surface area (Å²) in [4.78, 5) is 22.9. The second kappa shape index (κ2) is 16.0. The van der Waals surface area contributed by atoms with Crippen LogP contribution in [0.15, 0.2) is 72.2 Å². The Kier molecular flexibility index (Phi) is 15.9. The van der Waals surface area contributed by atoms with E-state index in [1.54, 1.807) is 48.9 Å². The Bertz CT molecular complexity index is 574. The molecule has 0 aliphatic heterocycles. The second-order valence-corrected chi connectivity index (χ2v) is 28.6. The van der Waals surface area contributed by atoms with Crippen LogP contribution in [-0.4, -0.2) is 24.7 Å². The predicted molar refractivity (Wildman–Crippen MR) is 101 cm³/mol. The molecule has 2 aliphatic rings. The van der Waals surface area contributed by atoms with Crippen LogP contribution < -0.4 is 10.6 Å². The molecular formula is C17H18Br2CuHgN2O2. The third-order valence-electron chi connectivity index (χ3n) is 3.00. The topological polar surface area (TPSA) is 58.2 Å². The molecule has 0 unspecified atom stereocenters. The maximum atomic E-state index is 11.5. The van der Waals surface area contributed by atoms with E-state index in [9.17, 15) is 9.59 Å². The molecule has 0 saturated carbocycles. The van der Waals surface area contributed by atoms with Crippen LogP contribution in [-0.2, 0) is 46.4 Å². The first-order valence-electron chi connectivity index (χ1n) is 7.46. The molecule has 2 N–H and O–H groups in total. The van der Waals surface area contributed by atoms with Crippen molar-refractivity contribution in [1.29, 1.82) is 0 Å². The van der Waals surface area contributed by atoms with Crippen molar-refractivity contribution in [3.8, 4) is 0 Å². The second-order valence-electron chi connectivity index (χ2n) is 4.73. The van der Waals surface area contributed by atoms with Crippen LogP contribution in [0, 0.1) is 0 Å². The molecule has 2 aliphatic carbocycles. The largest absolute Gasteiger partial charge is 0 e. The van der Waals surface area contributed by atoms with Crippen molar-refractivity contribution in [2.75, 3.05) is 13.1 Å². The van der Waals surface area contributed by atoms with Gasteiger partial charge in [-0.15, -0.1) is 0 Å². The van der Waals surface area contributed by atoms with E-state index in [1.807, 2.05) is 12.2 Å². The van der Waals surface area contributed by atoms with E-state index >= 15 is 0 Å². The maximum Gasteiger partial charge on any atom is 0 e. The number of hydrogen-bond acceptors (Lipinski definition) is 4. The first-order valence-corrected chi connectivity index (χ1v) is 31.3. The summed E-state index contributed by atoms with van der Waals surface area (Å²) in [5.41, 5.74) is 1.33. The molecule has 0 spiro atoms. The van der Waals surface area contributed by atoms with Gasteiger partial charge in [0.05, 0.1) is 0 Å². The van der Waals surface area contributed by atoms with Crippen LogP contribution in [0.3, 0.4) is 0 Å². The normalized spacial score (nSPS) is 17.7. The van der Waals surface area contributed by atoms with Crippen molar-refractivity contribution in [2.24, 2.45) is 0 Å². The molecule has 0 atom stereocenters. The molecule has 2 rings (SSSR count). The molecule has 0 aromatic rings. The van der Waals surface area contributed by atoms with Crippen molar-refractivity contribution < 1.29 is 46.4 Å². The molecule has 8 heteroatoms. The van der Waals surface area contributed by atoms with E-state index in [1.165, 1.54) is 0 Å². The molecule has 4 nitrogen and oxygen atoms in total. The number of allylic oxidation sites excluding steroid dienone is 10. The van der Waals surface area contributed by atoms with E-state index in [2.05, 4.69) is 34.4 Å². The predicted octanol–water partition coefficient (Wildman–Crippen LogP) is 3.40. The van der Waals surface area contributed by atoms with Gasteiger partial charge in [-0.1, -0.05) is 24.3 Å². The molecule has 0 amide bonds. The number of hydrogen-bond donors (Lipinski definition) is 2. The van der Waals surface area contributed by atoms with Crippen LogP contribution in [0.1, 0.15) is 6.42 Å². The van der Waals surface area contributed by atoms with Crippen LogP contribution in [0.25, 0.3) is 0 Å². The monoisotopic (exact) mass is 705 g/mol. The number of rotatable bonds is 6. The molecular weight excluding hydrogens is 688 g/mol. The van der Waals surface area contributed by atoms with Gasteiger partial charge >= 0.3 is 43.5 Å². The number of carbonyl (C=O) groups excluding carboxylic acids is 2. The van der Waals surface area contributed by atoms with E-state index in [-0.39, 0.29) is 28.6 Å². The van der Waals surface area contributed by atoms with Gasteiger partial charge in [0.25, 0.3) is 0 Å². The molecule has 0 heterocycles. The van der Waals surface area contributed by atoms with Gasteiger partial charge in [-0.05, 0) is 30.7 Å². The average Bonchev–Trinajstić information content (AvgIpc) is 2.58. The summed E-state index contributed by atoms with van der Waals surface area (Å²) in [6.07, 6.45) is 18.2. The fourth-order valence-corrected chi connectivity index (χ4v) is 1.86. The maximum absolute atomic E-state index is 11.5. The number of carbonyl (C=O) groups is 2. The first kappa shape index (κ1) is 24.8. The molecule has 0 fully saturated rings. The minimum Gasteiger partial charge on any atom is 0 e. The zero-order valence-electron chi connectivity index (χ0n) is 13.5. The minimum atomic E-state index is -0.458. The third-order valence-corrected chi connectivity index (χ3v) is 3.00. The van der Waals surface area contributed by atoms with Gasteiger partial charge < -0.3 is 10.6 Å². The van der Waals surface area contributed by atoms with Crippen molar-refractivity contribution in [3.05, 3.63) is 72.2 Å². The molecule has 0 aromatic carbocycles. The van der Waals surface area contributed by atoms with Crippen LogP contribution in [0.4, 0.5) is 0 Å². The van der Waals surface area contributed by atoms with Gasteiger partial charge in [0.2, 0.25) is 0 Å². The Morgan fingerprint density at radius 1 is 0.800 bits per heavy atom. The fraction of sp³-hybridized carbons (Fsp3) is 0.176. The van der Waals surface area contributed by atoms with Crippen molar-refractivity contribution in [1.82, 2.24) is 10.6 Å². The van der Waals surface area contributed by atoms with E-state index in [0.29, 0.717) is 11.1 Å². The Balaban J connectivity index is 0.00000134. The Morgan fingerprint density at radius 2 is 1.16 bits per heavy atom. The summed E-state index contributed by atoms with van der Waals surface area (Å²) in [5, 5.41) is 6.22. The standard InChI is InChI=1S/C17H18N2O2.2BrH.Cu.Hg/c20-16-8-3-1-6-14(16)12-18-10-5-11-19-13-15-7-2-4-9-17(15)21;;;;/h1-4,6-9,12-13,18-19H,5,10-11H2;2*1H;;/q;;;;+2/p-2. The fourth-order valence-electron chi connectivity index (χ4n) is 1.86. The van der Waals surface area contributed by atoms with Crippen molar-refractivity contribution in [3.63, 3.8) is 0 Å². The van der Waals surface area contributed by atoms with Crippen molar-refractivity contribution >= 4 is 35.4 Å². The number of nitrogens with one attached hydrogen (secondary N) is 2. The van der Waals surface area contributed by atoms with Crippen LogP contribution in [0.2, 0.25) is 0 Å². The molecule has 0 saturated heterocycles. The summed E-state index contributed by atoms with van der Waals surface area (Å²) >= 11 is 6.11. The van der Waals surface area contributed by atoms with E-state index in [0.717, 1.165) is 19.5 Å². The summed E-state index contributed by atoms with van der Waals surface area (Å²) in [7, 11) is 0. The summed E-state index contributed by atoms with van der Waals surface area (Å²) in [6, 6.07) is 0. The Morgan fingerprint density at radius 3 is 1.52 bits per heavy atom. The van der Waals surface area contributed by atoms with E-state index < -0.39 is 19.7 Å². The number of halogens is 2. The molecule has 1 radical (unpaired) electrons. The van der Waals surface area contributed by atoms with Gasteiger partial charge in [0, 0.05) is 53.7 Å². The first-order chi connectivity index (χ1) is 11.7. The van der Waals surface area contributed by atoms with Crippen LogP contribution >= 0.6 is 23.8 Å². The quantitative estimate of drug-likeness (QED) is 0.253. The van der Waals surface area contributed by atoms with Crippen molar-refractivity contribution in [2.45, 2.75) is 6.42 Å². The molecule has 25 heavy (non-hydrogen) atoms. The molecule has 0 aromatic heterocycles. The third kappa shape index (κ3) is 11.2. The van der Waals surface area contributed by atoms with Gasteiger partial charge in [0.1, 0.15) is 0 Å². The van der Waals surface area contributed by atoms with Gasteiger partial charge in [-0.25, -0.2) is 0 Å². The van der Waals surface area contributed by atoms with E-state index in [4.69, 9.17) is 0 Å². The SMILES string of the molecule is O=C1C=CC=CC1=CNCCCNC=C1C=CC=CC1=O.[Br][Hg][Br].[Cu]. The smallest absolute Gasteiger partial charge is 0 e. The zero-order valence-corrected chi connectivity index (χ0v) is 23.1.